The summed E-state index contributed by atoms with van der Waals surface area (Å²) in [6, 6.07) is 0.332. The lowest BCUT2D eigenvalue weighted by molar-refractivity contribution is 0.0526. The zero-order chi connectivity index (χ0) is 13.1. The second kappa shape index (κ2) is 5.74. The largest absolute Gasteiger partial charge is 0.462 e. The fourth-order valence-corrected chi connectivity index (χ4v) is 3.77. The van der Waals surface area contributed by atoms with Gasteiger partial charge in [0.15, 0.2) is 0 Å². The van der Waals surface area contributed by atoms with Crippen molar-refractivity contribution in [3.8, 4) is 0 Å². The van der Waals surface area contributed by atoms with E-state index < -0.39 is 0 Å². The molecule has 100 valence electrons. The third kappa shape index (κ3) is 2.69. The number of ether oxygens (including phenoxy) is 1. The molecule has 0 fully saturated rings. The van der Waals surface area contributed by atoms with Crippen LogP contribution in [0.4, 0.5) is 5.00 Å². The Kier molecular flexibility index (Phi) is 4.27. The van der Waals surface area contributed by atoms with Crippen molar-refractivity contribution in [2.24, 2.45) is 0 Å². The van der Waals surface area contributed by atoms with E-state index in [-0.39, 0.29) is 5.97 Å². The molecule has 1 aromatic heterocycles. The van der Waals surface area contributed by atoms with E-state index in [1.165, 1.54) is 23.3 Å². The van der Waals surface area contributed by atoms with E-state index in [1.807, 2.05) is 6.92 Å². The number of fused-ring (bicyclic) bond motifs is 1. The van der Waals surface area contributed by atoms with Crippen LogP contribution in [0.1, 0.15) is 54.4 Å². The van der Waals surface area contributed by atoms with Gasteiger partial charge in [0.2, 0.25) is 0 Å². The first-order valence-corrected chi connectivity index (χ1v) is 7.53. The van der Waals surface area contributed by atoms with Crippen LogP contribution in [0.5, 0.6) is 0 Å². The van der Waals surface area contributed by atoms with Gasteiger partial charge in [-0.25, -0.2) is 4.79 Å². The average Bonchev–Trinajstić information content (AvgIpc) is 2.66. The number of hydrogen-bond acceptors (Lipinski definition) is 4. The molecule has 1 N–H and O–H groups in total. The van der Waals surface area contributed by atoms with Crippen molar-refractivity contribution in [3.05, 3.63) is 16.0 Å². The standard InChI is InChI=1S/C14H21NO2S/c1-4-17-14(16)12-10-7-5-6-8-11(10)18-13(12)15-9(2)3/h9,15H,4-8H2,1-3H3. The van der Waals surface area contributed by atoms with Crippen molar-refractivity contribution in [1.82, 2.24) is 0 Å². The summed E-state index contributed by atoms with van der Waals surface area (Å²) >= 11 is 1.73. The summed E-state index contributed by atoms with van der Waals surface area (Å²) in [4.78, 5) is 13.5. The Morgan fingerprint density at radius 1 is 1.39 bits per heavy atom. The van der Waals surface area contributed by atoms with Crippen LogP contribution in [0.15, 0.2) is 0 Å². The Hall–Kier alpha value is -1.03. The van der Waals surface area contributed by atoms with Crippen LogP contribution >= 0.6 is 11.3 Å². The Bertz CT molecular complexity index is 437. The maximum absolute atomic E-state index is 12.1. The fraction of sp³-hybridized carbons (Fsp3) is 0.643. The van der Waals surface area contributed by atoms with Gasteiger partial charge in [0.1, 0.15) is 5.00 Å². The van der Waals surface area contributed by atoms with Crippen LogP contribution in [-0.4, -0.2) is 18.6 Å². The van der Waals surface area contributed by atoms with E-state index in [1.54, 1.807) is 11.3 Å². The fourth-order valence-electron chi connectivity index (χ4n) is 2.35. The molecule has 2 rings (SSSR count). The Balaban J connectivity index is 2.38. The number of aryl methyl sites for hydroxylation is 1. The summed E-state index contributed by atoms with van der Waals surface area (Å²) in [5, 5.41) is 4.38. The molecule has 0 atom stereocenters. The summed E-state index contributed by atoms with van der Waals surface area (Å²) in [5.74, 6) is -0.167. The van der Waals surface area contributed by atoms with Crippen molar-refractivity contribution in [3.63, 3.8) is 0 Å². The van der Waals surface area contributed by atoms with Crippen molar-refractivity contribution in [2.45, 2.75) is 52.5 Å². The van der Waals surface area contributed by atoms with Gasteiger partial charge in [-0.3, -0.25) is 0 Å². The van der Waals surface area contributed by atoms with Crippen LogP contribution < -0.4 is 5.32 Å². The summed E-state index contributed by atoms with van der Waals surface area (Å²) < 4.78 is 5.20. The molecule has 0 spiro atoms. The monoisotopic (exact) mass is 267 g/mol. The quantitative estimate of drug-likeness (QED) is 0.847. The molecule has 0 bridgehead atoms. The Morgan fingerprint density at radius 2 is 2.11 bits per heavy atom. The number of anilines is 1. The highest BCUT2D eigenvalue weighted by molar-refractivity contribution is 7.16. The number of carbonyl (C=O) groups is 1. The smallest absolute Gasteiger partial charge is 0.341 e. The maximum Gasteiger partial charge on any atom is 0.341 e. The van der Waals surface area contributed by atoms with E-state index >= 15 is 0 Å². The van der Waals surface area contributed by atoms with Crippen LogP contribution in [-0.2, 0) is 17.6 Å². The molecule has 1 aliphatic carbocycles. The van der Waals surface area contributed by atoms with Crippen LogP contribution in [0, 0.1) is 0 Å². The number of nitrogens with one attached hydrogen (secondary N) is 1. The predicted molar refractivity (Wildman–Crippen MR) is 75.7 cm³/mol. The number of thiophene rings is 1. The van der Waals surface area contributed by atoms with E-state index in [9.17, 15) is 4.79 Å². The molecule has 0 unspecified atom stereocenters. The molecule has 4 heteroatoms. The molecular formula is C14H21NO2S. The maximum atomic E-state index is 12.1. The summed E-state index contributed by atoms with van der Waals surface area (Å²) in [6.45, 7) is 6.47. The lowest BCUT2D eigenvalue weighted by atomic mass is 9.95. The second-order valence-corrected chi connectivity index (χ2v) is 6.04. The number of esters is 1. The minimum atomic E-state index is -0.167. The normalized spacial score (nSPS) is 14.4. The SMILES string of the molecule is CCOC(=O)c1c(NC(C)C)sc2c1CCCC2. The third-order valence-corrected chi connectivity index (χ3v) is 4.29. The predicted octanol–water partition coefficient (Wildman–Crippen LogP) is 3.62. The molecule has 1 aliphatic rings. The summed E-state index contributed by atoms with van der Waals surface area (Å²) in [7, 11) is 0. The lowest BCUT2D eigenvalue weighted by Crippen LogP contribution is -2.14. The van der Waals surface area contributed by atoms with Gasteiger partial charge in [0, 0.05) is 10.9 Å². The van der Waals surface area contributed by atoms with Crippen molar-refractivity contribution in [1.29, 1.82) is 0 Å². The van der Waals surface area contributed by atoms with Gasteiger partial charge in [-0.05, 0) is 52.0 Å². The van der Waals surface area contributed by atoms with E-state index in [2.05, 4.69) is 19.2 Å². The molecule has 3 nitrogen and oxygen atoms in total. The Labute approximate surface area is 113 Å². The van der Waals surface area contributed by atoms with Crippen molar-refractivity contribution < 1.29 is 9.53 Å². The first-order valence-electron chi connectivity index (χ1n) is 6.71. The third-order valence-electron chi connectivity index (χ3n) is 3.07. The van der Waals surface area contributed by atoms with Gasteiger partial charge in [0.25, 0.3) is 0 Å². The molecule has 0 saturated carbocycles. The highest BCUT2D eigenvalue weighted by Gasteiger charge is 2.26. The van der Waals surface area contributed by atoms with Gasteiger partial charge in [-0.2, -0.15) is 0 Å². The van der Waals surface area contributed by atoms with Crippen molar-refractivity contribution in [2.75, 3.05) is 11.9 Å². The highest BCUT2D eigenvalue weighted by Crippen LogP contribution is 2.38. The molecule has 0 radical (unpaired) electrons. The van der Waals surface area contributed by atoms with Crippen LogP contribution in [0.2, 0.25) is 0 Å². The zero-order valence-electron chi connectivity index (χ0n) is 11.3. The molecular weight excluding hydrogens is 246 g/mol. The lowest BCUT2D eigenvalue weighted by Gasteiger charge is -2.13. The van der Waals surface area contributed by atoms with Crippen LogP contribution in [0.3, 0.4) is 0 Å². The highest BCUT2D eigenvalue weighted by atomic mass is 32.1. The van der Waals surface area contributed by atoms with Gasteiger partial charge in [0.05, 0.1) is 12.2 Å². The Morgan fingerprint density at radius 3 is 2.78 bits per heavy atom. The number of rotatable bonds is 4. The molecule has 0 aliphatic heterocycles. The van der Waals surface area contributed by atoms with Gasteiger partial charge >= 0.3 is 5.97 Å². The first-order chi connectivity index (χ1) is 8.63. The molecule has 1 heterocycles. The van der Waals surface area contributed by atoms with Gasteiger partial charge in [-0.15, -0.1) is 11.3 Å². The average molecular weight is 267 g/mol. The van der Waals surface area contributed by atoms with E-state index in [0.29, 0.717) is 12.6 Å². The summed E-state index contributed by atoms with van der Waals surface area (Å²) in [5.41, 5.74) is 2.03. The van der Waals surface area contributed by atoms with E-state index in [0.717, 1.165) is 23.4 Å². The summed E-state index contributed by atoms with van der Waals surface area (Å²) in [6.07, 6.45) is 4.53. The first kappa shape index (κ1) is 13.4. The van der Waals surface area contributed by atoms with Crippen molar-refractivity contribution >= 4 is 22.3 Å². The number of carbonyl (C=O) groups excluding carboxylic acids is 1. The van der Waals surface area contributed by atoms with Gasteiger partial charge < -0.3 is 10.1 Å². The molecule has 0 aromatic carbocycles. The zero-order valence-corrected chi connectivity index (χ0v) is 12.2. The van der Waals surface area contributed by atoms with Gasteiger partial charge in [-0.1, -0.05) is 0 Å². The molecule has 0 amide bonds. The molecule has 0 saturated heterocycles. The second-order valence-electron chi connectivity index (χ2n) is 4.93. The number of hydrogen-bond donors (Lipinski definition) is 1. The molecule has 18 heavy (non-hydrogen) atoms. The van der Waals surface area contributed by atoms with E-state index in [4.69, 9.17) is 4.74 Å². The minimum absolute atomic E-state index is 0.167. The van der Waals surface area contributed by atoms with Crippen LogP contribution in [0.25, 0.3) is 0 Å². The minimum Gasteiger partial charge on any atom is -0.462 e. The molecule has 1 aromatic rings. The topological polar surface area (TPSA) is 38.3 Å².